The van der Waals surface area contributed by atoms with Crippen molar-refractivity contribution in [3.05, 3.63) is 76.6 Å². The zero-order valence-electron chi connectivity index (χ0n) is 14.9. The van der Waals surface area contributed by atoms with Gasteiger partial charge in [-0.25, -0.2) is 9.98 Å². The predicted molar refractivity (Wildman–Crippen MR) is 110 cm³/mol. The van der Waals surface area contributed by atoms with Crippen LogP contribution in [0.25, 0.3) is 11.6 Å². The third kappa shape index (κ3) is 3.39. The number of benzodiazepines with no additional fused rings is 1. The molecule has 29 heavy (non-hydrogen) atoms. The van der Waals surface area contributed by atoms with Crippen molar-refractivity contribution in [2.24, 2.45) is 4.99 Å². The summed E-state index contributed by atoms with van der Waals surface area (Å²) in [5, 5.41) is 15.6. The average molecular weight is 402 g/mol. The molecule has 2 N–H and O–H groups in total. The number of nitrogens with one attached hydrogen (secondary N) is 2. The zero-order chi connectivity index (χ0) is 19.6. The van der Waals surface area contributed by atoms with Gasteiger partial charge in [0, 0.05) is 16.5 Å². The number of rotatable bonds is 4. The number of amides is 1. The fourth-order valence-electron chi connectivity index (χ4n) is 3.00. The van der Waals surface area contributed by atoms with E-state index in [0.29, 0.717) is 17.1 Å². The first-order valence-electron chi connectivity index (χ1n) is 8.80. The van der Waals surface area contributed by atoms with Crippen molar-refractivity contribution in [2.45, 2.75) is 6.17 Å². The summed E-state index contributed by atoms with van der Waals surface area (Å²) in [4.78, 5) is 21.6. The first-order valence-corrected chi connectivity index (χ1v) is 9.74. The summed E-state index contributed by atoms with van der Waals surface area (Å²) in [5.74, 6) is -0.0462. The Bertz CT molecular complexity index is 1190. The Morgan fingerprint density at radius 3 is 2.69 bits per heavy atom. The number of hydrogen-bond donors (Lipinski definition) is 2. The Labute approximate surface area is 169 Å². The van der Waals surface area contributed by atoms with E-state index in [0.717, 1.165) is 11.1 Å². The molecule has 4 aromatic rings. The molecule has 2 aromatic carbocycles. The molecule has 0 saturated carbocycles. The van der Waals surface area contributed by atoms with Crippen LogP contribution in [0.15, 0.2) is 74.9 Å². The summed E-state index contributed by atoms with van der Waals surface area (Å²) in [7, 11) is 0. The lowest BCUT2D eigenvalue weighted by molar-refractivity contribution is -0.116. The maximum atomic E-state index is 12.8. The van der Waals surface area contributed by atoms with Gasteiger partial charge in [0.1, 0.15) is 5.69 Å². The summed E-state index contributed by atoms with van der Waals surface area (Å²) in [6.45, 7) is 0. The van der Waals surface area contributed by atoms with Crippen molar-refractivity contribution in [1.29, 1.82) is 0 Å². The van der Waals surface area contributed by atoms with Crippen LogP contribution in [0.5, 0.6) is 0 Å². The van der Waals surface area contributed by atoms with E-state index in [1.807, 2.05) is 54.6 Å². The van der Waals surface area contributed by atoms with Crippen molar-refractivity contribution >= 4 is 34.7 Å². The summed E-state index contributed by atoms with van der Waals surface area (Å²) < 4.78 is 5.60. The molecule has 2 aromatic heterocycles. The largest absolute Gasteiger partial charge is 0.402 e. The summed E-state index contributed by atoms with van der Waals surface area (Å²) in [5.41, 5.74) is 5.39. The van der Waals surface area contributed by atoms with E-state index < -0.39 is 6.17 Å². The quantitative estimate of drug-likeness (QED) is 0.542. The molecule has 1 unspecified atom stereocenters. The van der Waals surface area contributed by atoms with Gasteiger partial charge in [0.05, 0.1) is 16.9 Å². The highest BCUT2D eigenvalue weighted by molar-refractivity contribution is 7.07. The van der Waals surface area contributed by atoms with Crippen LogP contribution in [-0.4, -0.2) is 33.0 Å². The van der Waals surface area contributed by atoms with Crippen molar-refractivity contribution in [3.63, 3.8) is 0 Å². The third-order valence-electron chi connectivity index (χ3n) is 4.33. The molecule has 0 aliphatic carbocycles. The Morgan fingerprint density at radius 1 is 1.03 bits per heavy atom. The second-order valence-electron chi connectivity index (χ2n) is 6.21. The molecule has 0 bridgehead atoms. The second-order valence-corrected chi connectivity index (χ2v) is 6.93. The first kappa shape index (κ1) is 17.3. The van der Waals surface area contributed by atoms with Gasteiger partial charge >= 0.3 is 6.01 Å². The predicted octanol–water partition coefficient (Wildman–Crippen LogP) is 3.42. The van der Waals surface area contributed by atoms with E-state index >= 15 is 0 Å². The second kappa shape index (κ2) is 7.28. The Kier molecular flexibility index (Phi) is 4.34. The smallest absolute Gasteiger partial charge is 0.317 e. The third-order valence-corrected chi connectivity index (χ3v) is 4.92. The molecule has 1 atom stereocenters. The number of benzene rings is 2. The Balaban J connectivity index is 1.52. The van der Waals surface area contributed by atoms with Crippen LogP contribution >= 0.6 is 11.3 Å². The topological polar surface area (TPSA) is 105 Å². The molecule has 1 aliphatic rings. The molecule has 1 amide bonds. The van der Waals surface area contributed by atoms with Crippen molar-refractivity contribution in [1.82, 2.24) is 15.2 Å². The number of carbonyl (C=O) groups excluding carboxylic acids is 1. The number of aromatic nitrogens is 3. The molecule has 0 spiro atoms. The number of carbonyl (C=O) groups is 1. The normalized spacial score (nSPS) is 15.8. The molecule has 5 rings (SSSR count). The zero-order valence-corrected chi connectivity index (χ0v) is 15.8. The molecule has 0 radical (unpaired) electrons. The molecule has 8 nitrogen and oxygen atoms in total. The van der Waals surface area contributed by atoms with E-state index in [1.165, 1.54) is 11.3 Å². The highest BCUT2D eigenvalue weighted by Gasteiger charge is 2.27. The number of aliphatic imine (C=N–C) groups is 1. The van der Waals surface area contributed by atoms with Crippen LogP contribution in [0, 0.1) is 0 Å². The minimum atomic E-state index is -0.943. The number of fused-ring (bicyclic) bond motifs is 1. The van der Waals surface area contributed by atoms with Gasteiger partial charge in [-0.3, -0.25) is 4.79 Å². The average Bonchev–Trinajstić information content (AvgIpc) is 3.42. The number of thiazole rings is 1. The van der Waals surface area contributed by atoms with Gasteiger partial charge in [-0.05, 0) is 6.07 Å². The maximum absolute atomic E-state index is 12.8. The van der Waals surface area contributed by atoms with Gasteiger partial charge in [-0.15, -0.1) is 16.4 Å². The number of anilines is 2. The molecular formula is C20H14N6O2S. The minimum Gasteiger partial charge on any atom is -0.402 e. The highest BCUT2D eigenvalue weighted by atomic mass is 32.1. The summed E-state index contributed by atoms with van der Waals surface area (Å²) >= 11 is 1.43. The lowest BCUT2D eigenvalue weighted by atomic mass is 10.0. The molecular weight excluding hydrogens is 388 g/mol. The van der Waals surface area contributed by atoms with Crippen molar-refractivity contribution in [2.75, 3.05) is 10.6 Å². The van der Waals surface area contributed by atoms with Gasteiger partial charge in [-0.1, -0.05) is 53.6 Å². The molecule has 3 heterocycles. The lowest BCUT2D eigenvalue weighted by Crippen LogP contribution is -2.32. The van der Waals surface area contributed by atoms with E-state index in [4.69, 9.17) is 4.42 Å². The minimum absolute atomic E-state index is 0.0928. The van der Waals surface area contributed by atoms with Crippen molar-refractivity contribution in [3.8, 4) is 11.6 Å². The number of para-hydroxylation sites is 1. The van der Waals surface area contributed by atoms with Gasteiger partial charge in [0.15, 0.2) is 0 Å². The van der Waals surface area contributed by atoms with Gasteiger partial charge in [0.2, 0.25) is 6.17 Å². The van der Waals surface area contributed by atoms with E-state index in [9.17, 15) is 4.79 Å². The standard InChI is InChI=1S/C20H14N6O2S/c27-18-17(24-20-26-25-19(28-20)15-10-29-11-21-15)23-16(12-6-2-1-3-7-12)13-8-4-5-9-14(13)22-18/h1-11,17H,(H,22,27)(H,24,26). The monoisotopic (exact) mass is 402 g/mol. The fraction of sp³-hybridized carbons (Fsp3) is 0.0500. The highest BCUT2D eigenvalue weighted by Crippen LogP contribution is 2.25. The SMILES string of the molecule is O=C1Nc2ccccc2C(c2ccccc2)=NC1Nc1nnc(-c2cscn2)o1. The molecule has 9 heteroatoms. The number of hydrogen-bond acceptors (Lipinski definition) is 8. The van der Waals surface area contributed by atoms with Crippen LogP contribution in [-0.2, 0) is 4.79 Å². The Hall–Kier alpha value is -3.85. The van der Waals surface area contributed by atoms with Gasteiger partial charge in [-0.2, -0.15) is 0 Å². The molecule has 0 fully saturated rings. The van der Waals surface area contributed by atoms with Crippen LogP contribution in [0.2, 0.25) is 0 Å². The van der Waals surface area contributed by atoms with Crippen LogP contribution in [0.3, 0.4) is 0 Å². The Morgan fingerprint density at radius 2 is 1.86 bits per heavy atom. The molecule has 142 valence electrons. The van der Waals surface area contributed by atoms with Crippen LogP contribution < -0.4 is 10.6 Å². The maximum Gasteiger partial charge on any atom is 0.317 e. The van der Waals surface area contributed by atoms with Crippen LogP contribution in [0.1, 0.15) is 11.1 Å². The lowest BCUT2D eigenvalue weighted by Gasteiger charge is -2.11. The van der Waals surface area contributed by atoms with E-state index in [2.05, 4.69) is 30.8 Å². The number of nitrogens with zero attached hydrogens (tertiary/aromatic N) is 4. The summed E-state index contributed by atoms with van der Waals surface area (Å²) in [6.07, 6.45) is -0.943. The van der Waals surface area contributed by atoms with Crippen LogP contribution in [0.4, 0.5) is 11.7 Å². The first-order chi connectivity index (χ1) is 14.3. The van der Waals surface area contributed by atoms with Gasteiger partial charge in [0.25, 0.3) is 11.8 Å². The van der Waals surface area contributed by atoms with E-state index in [-0.39, 0.29) is 17.8 Å². The van der Waals surface area contributed by atoms with Crippen molar-refractivity contribution < 1.29 is 9.21 Å². The van der Waals surface area contributed by atoms with Gasteiger partial charge < -0.3 is 15.1 Å². The summed E-state index contributed by atoms with van der Waals surface area (Å²) in [6, 6.07) is 17.4. The van der Waals surface area contributed by atoms with E-state index in [1.54, 1.807) is 10.9 Å². The fourth-order valence-corrected chi connectivity index (χ4v) is 3.53. The molecule has 1 aliphatic heterocycles. The molecule has 0 saturated heterocycles.